The molecule has 0 N–H and O–H groups in total. The molecule has 8 heteroatoms. The number of hydrogen-bond donors (Lipinski definition) is 0. The smallest absolute Gasteiger partial charge is 0.331 e. The molecule has 2 heterocycles. The third-order valence-corrected chi connectivity index (χ3v) is 6.31. The van der Waals surface area contributed by atoms with E-state index < -0.39 is 34.4 Å². The summed E-state index contributed by atoms with van der Waals surface area (Å²) < 4.78 is 28.6. The van der Waals surface area contributed by atoms with Crippen LogP contribution >= 0.6 is 11.3 Å². The van der Waals surface area contributed by atoms with Crippen LogP contribution in [0.1, 0.15) is 10.4 Å². The minimum atomic E-state index is -3.32. The fourth-order valence-corrected chi connectivity index (χ4v) is 4.64. The number of amides is 1. The fraction of sp³-hybridized carbons (Fsp3) is 0.200. The van der Waals surface area contributed by atoms with Crippen molar-refractivity contribution in [3.8, 4) is 0 Å². The molecule has 1 amide bonds. The van der Waals surface area contributed by atoms with E-state index in [0.717, 1.165) is 15.8 Å². The molecular weight excluding hydrogens is 398 g/mol. The van der Waals surface area contributed by atoms with Gasteiger partial charge in [0.05, 0.1) is 11.8 Å². The zero-order valence-electron chi connectivity index (χ0n) is 14.9. The summed E-state index contributed by atoms with van der Waals surface area (Å²) in [6, 6.07) is 12.4. The molecule has 0 spiro atoms. The molecular formula is C20H19NO5S2. The Kier molecular flexibility index (Phi) is 6.43. The maximum atomic E-state index is 12.7. The Balaban J connectivity index is 1.64. The van der Waals surface area contributed by atoms with Crippen LogP contribution in [0.3, 0.4) is 0 Å². The number of benzene rings is 1. The summed E-state index contributed by atoms with van der Waals surface area (Å²) in [6.07, 6.45) is 4.38. The van der Waals surface area contributed by atoms with Crippen molar-refractivity contribution in [1.29, 1.82) is 0 Å². The molecule has 0 unspecified atom stereocenters. The number of esters is 1. The molecule has 2 aromatic rings. The monoisotopic (exact) mass is 417 g/mol. The van der Waals surface area contributed by atoms with Gasteiger partial charge >= 0.3 is 5.97 Å². The highest BCUT2D eigenvalue weighted by atomic mass is 32.2. The molecule has 0 bridgehead atoms. The van der Waals surface area contributed by atoms with Gasteiger partial charge in [-0.2, -0.15) is 0 Å². The number of sulfone groups is 1. The van der Waals surface area contributed by atoms with Crippen molar-refractivity contribution in [1.82, 2.24) is 4.90 Å². The van der Waals surface area contributed by atoms with Crippen LogP contribution < -0.4 is 0 Å². The van der Waals surface area contributed by atoms with E-state index in [-0.39, 0.29) is 12.3 Å². The van der Waals surface area contributed by atoms with Gasteiger partial charge in [0.2, 0.25) is 0 Å². The average molecular weight is 418 g/mol. The highest BCUT2D eigenvalue weighted by Gasteiger charge is 2.30. The summed E-state index contributed by atoms with van der Waals surface area (Å²) >= 11 is 1.48. The minimum absolute atomic E-state index is 0.169. The van der Waals surface area contributed by atoms with Crippen molar-refractivity contribution in [3.63, 3.8) is 0 Å². The van der Waals surface area contributed by atoms with Crippen LogP contribution in [-0.2, 0) is 30.7 Å². The molecule has 1 aromatic carbocycles. The van der Waals surface area contributed by atoms with Crippen LogP contribution in [0.15, 0.2) is 65.4 Å². The van der Waals surface area contributed by atoms with Gasteiger partial charge in [0, 0.05) is 22.9 Å². The zero-order valence-corrected chi connectivity index (χ0v) is 16.6. The summed E-state index contributed by atoms with van der Waals surface area (Å²) in [5.41, 5.74) is 0.859. The van der Waals surface area contributed by atoms with Crippen LogP contribution in [0, 0.1) is 0 Å². The molecule has 0 aliphatic carbocycles. The Morgan fingerprint density at radius 1 is 1.18 bits per heavy atom. The number of hydrogen-bond acceptors (Lipinski definition) is 6. The molecule has 1 aliphatic heterocycles. The standard InChI is InChI=1S/C20H19NO5S2/c22-19(14-26-20(23)9-8-18-7-4-11-27-18)21(13-16-5-2-1-3-6-16)17-10-12-28(24,25)15-17/h1-12,17H,13-15H2/b9-8+/t17-/m1/s1. The van der Waals surface area contributed by atoms with Crippen molar-refractivity contribution in [2.24, 2.45) is 0 Å². The summed E-state index contributed by atoms with van der Waals surface area (Å²) in [5.74, 6) is -1.25. The quantitative estimate of drug-likeness (QED) is 0.511. The molecule has 3 rings (SSSR count). The molecule has 28 heavy (non-hydrogen) atoms. The molecule has 0 saturated carbocycles. The molecule has 0 fully saturated rings. The molecule has 0 saturated heterocycles. The zero-order chi connectivity index (χ0) is 20.0. The van der Waals surface area contributed by atoms with Gasteiger partial charge in [0.15, 0.2) is 16.4 Å². The molecule has 1 aliphatic rings. The first-order valence-corrected chi connectivity index (χ1v) is 11.2. The van der Waals surface area contributed by atoms with Gasteiger partial charge in [-0.15, -0.1) is 11.3 Å². The second-order valence-electron chi connectivity index (χ2n) is 6.19. The van der Waals surface area contributed by atoms with Crippen molar-refractivity contribution in [3.05, 3.63) is 75.8 Å². The van der Waals surface area contributed by atoms with Crippen LogP contribution in [0.2, 0.25) is 0 Å². The number of nitrogens with zero attached hydrogens (tertiary/aromatic N) is 1. The lowest BCUT2D eigenvalue weighted by molar-refractivity contribution is -0.149. The highest BCUT2D eigenvalue weighted by molar-refractivity contribution is 7.94. The second-order valence-corrected chi connectivity index (χ2v) is 9.10. The third kappa shape index (κ3) is 5.64. The lowest BCUT2D eigenvalue weighted by Crippen LogP contribution is -2.42. The fourth-order valence-electron chi connectivity index (χ4n) is 2.72. The minimum Gasteiger partial charge on any atom is -0.452 e. The Morgan fingerprint density at radius 2 is 1.96 bits per heavy atom. The first-order valence-electron chi connectivity index (χ1n) is 8.56. The van der Waals surface area contributed by atoms with Gasteiger partial charge in [-0.1, -0.05) is 36.4 Å². The Labute approximate surface area is 167 Å². The predicted molar refractivity (Wildman–Crippen MR) is 108 cm³/mol. The van der Waals surface area contributed by atoms with E-state index in [1.165, 1.54) is 28.4 Å². The second kappa shape index (κ2) is 8.99. The Bertz CT molecular complexity index is 979. The molecule has 146 valence electrons. The first-order chi connectivity index (χ1) is 13.4. The van der Waals surface area contributed by atoms with E-state index in [0.29, 0.717) is 0 Å². The van der Waals surface area contributed by atoms with E-state index in [2.05, 4.69) is 0 Å². The van der Waals surface area contributed by atoms with Crippen LogP contribution in [0.5, 0.6) is 0 Å². The normalized spacial score (nSPS) is 17.6. The lowest BCUT2D eigenvalue weighted by atomic mass is 10.2. The Morgan fingerprint density at radius 3 is 2.61 bits per heavy atom. The van der Waals surface area contributed by atoms with E-state index in [1.807, 2.05) is 47.8 Å². The van der Waals surface area contributed by atoms with Crippen molar-refractivity contribution in [2.75, 3.05) is 12.4 Å². The SMILES string of the molecule is O=C(/C=C/c1cccs1)OCC(=O)N(Cc1ccccc1)[C@@H]1C=CS(=O)(=O)C1. The summed E-state index contributed by atoms with van der Waals surface area (Å²) in [5, 5.41) is 3.01. The summed E-state index contributed by atoms with van der Waals surface area (Å²) in [7, 11) is -3.32. The van der Waals surface area contributed by atoms with E-state index in [1.54, 1.807) is 6.08 Å². The van der Waals surface area contributed by atoms with Gasteiger partial charge in [-0.05, 0) is 29.2 Å². The summed E-state index contributed by atoms with van der Waals surface area (Å²) in [4.78, 5) is 26.9. The predicted octanol–water partition coefficient (Wildman–Crippen LogP) is 2.64. The topological polar surface area (TPSA) is 80.8 Å². The summed E-state index contributed by atoms with van der Waals surface area (Å²) in [6.45, 7) is -0.225. The van der Waals surface area contributed by atoms with Gasteiger partial charge in [0.1, 0.15) is 0 Å². The average Bonchev–Trinajstić information content (AvgIpc) is 3.32. The van der Waals surface area contributed by atoms with Crippen molar-refractivity contribution in [2.45, 2.75) is 12.6 Å². The van der Waals surface area contributed by atoms with Crippen molar-refractivity contribution >= 4 is 39.1 Å². The first kappa shape index (κ1) is 20.0. The van der Waals surface area contributed by atoms with Crippen molar-refractivity contribution < 1.29 is 22.7 Å². The van der Waals surface area contributed by atoms with Gasteiger partial charge in [-0.3, -0.25) is 4.79 Å². The van der Waals surface area contributed by atoms with Gasteiger partial charge in [0.25, 0.3) is 5.91 Å². The van der Waals surface area contributed by atoms with E-state index in [9.17, 15) is 18.0 Å². The largest absolute Gasteiger partial charge is 0.452 e. The molecule has 1 atom stereocenters. The van der Waals surface area contributed by atoms with Crippen LogP contribution in [-0.4, -0.2) is 43.6 Å². The van der Waals surface area contributed by atoms with E-state index in [4.69, 9.17) is 4.74 Å². The number of thiophene rings is 1. The van der Waals surface area contributed by atoms with Crippen LogP contribution in [0.4, 0.5) is 0 Å². The molecule has 0 radical (unpaired) electrons. The van der Waals surface area contributed by atoms with E-state index >= 15 is 0 Å². The molecule has 6 nitrogen and oxygen atoms in total. The molecule has 1 aromatic heterocycles. The number of rotatable bonds is 7. The number of carbonyl (C=O) groups excluding carboxylic acids is 2. The van der Waals surface area contributed by atoms with Gasteiger partial charge < -0.3 is 9.64 Å². The number of ether oxygens (including phenoxy) is 1. The van der Waals surface area contributed by atoms with Crippen LogP contribution in [0.25, 0.3) is 6.08 Å². The Hall–Kier alpha value is -2.71. The third-order valence-electron chi connectivity index (χ3n) is 4.09. The number of carbonyl (C=O) groups is 2. The lowest BCUT2D eigenvalue weighted by Gasteiger charge is -2.27. The highest BCUT2D eigenvalue weighted by Crippen LogP contribution is 2.18. The maximum Gasteiger partial charge on any atom is 0.331 e. The maximum absolute atomic E-state index is 12.7. The van der Waals surface area contributed by atoms with Gasteiger partial charge in [-0.25, -0.2) is 13.2 Å².